The van der Waals surface area contributed by atoms with E-state index in [1.54, 1.807) is 25.1 Å². The predicted octanol–water partition coefficient (Wildman–Crippen LogP) is 10.2. The lowest BCUT2D eigenvalue weighted by atomic mass is 9.86. The van der Waals surface area contributed by atoms with E-state index in [1.165, 1.54) is 17.7 Å². The molecule has 264 valence electrons. The third-order valence-corrected chi connectivity index (χ3v) is 7.57. The highest BCUT2D eigenvalue weighted by molar-refractivity contribution is 5.55. The van der Waals surface area contributed by atoms with Crippen LogP contribution in [0.25, 0.3) is 0 Å². The van der Waals surface area contributed by atoms with Crippen LogP contribution < -0.4 is 0 Å². The molecule has 4 rings (SSSR count). The topological polar surface area (TPSA) is 142 Å². The highest BCUT2D eigenvalue weighted by Crippen LogP contribution is 2.42. The summed E-state index contributed by atoms with van der Waals surface area (Å²) in [5.74, 6) is -1.17. The number of aryl methyl sites for hydroxylation is 1. The van der Waals surface area contributed by atoms with Crippen LogP contribution in [0.5, 0.6) is 40.2 Å². The van der Waals surface area contributed by atoms with Crippen LogP contribution in [-0.2, 0) is 21.7 Å². The molecule has 0 atom stereocenters. The number of aromatic hydroxyl groups is 7. The summed E-state index contributed by atoms with van der Waals surface area (Å²) in [7, 11) is 0. The van der Waals surface area contributed by atoms with E-state index in [0.29, 0.717) is 16.5 Å². The quantitative estimate of drug-likeness (QED) is 0.0929. The molecule has 0 radical (unpaired) electrons. The van der Waals surface area contributed by atoms with Crippen LogP contribution in [0.4, 0.5) is 0 Å². The third-order valence-electron chi connectivity index (χ3n) is 7.57. The first kappa shape index (κ1) is 41.5. The number of hydrogen-bond donors (Lipinski definition) is 7. The Morgan fingerprint density at radius 3 is 1.21 bits per heavy atom. The summed E-state index contributed by atoms with van der Waals surface area (Å²) in [5, 5.41) is 64.8. The highest BCUT2D eigenvalue weighted by atomic mass is 16.3. The minimum absolute atomic E-state index is 0.00403. The minimum Gasteiger partial charge on any atom is -0.504 e. The molecule has 0 aliphatic carbocycles. The van der Waals surface area contributed by atoms with Gasteiger partial charge < -0.3 is 35.7 Å². The fourth-order valence-corrected chi connectivity index (χ4v) is 4.30. The van der Waals surface area contributed by atoms with Crippen molar-refractivity contribution in [3.05, 3.63) is 101 Å². The summed E-state index contributed by atoms with van der Waals surface area (Å²) in [6.45, 7) is 26.6. The minimum atomic E-state index is -0.451. The van der Waals surface area contributed by atoms with Gasteiger partial charge in [-0.05, 0) is 75.1 Å². The van der Waals surface area contributed by atoms with Gasteiger partial charge in [0.25, 0.3) is 0 Å². The van der Waals surface area contributed by atoms with Gasteiger partial charge in [0, 0.05) is 5.56 Å². The second-order valence-electron chi connectivity index (χ2n) is 16.1. The molecule has 4 aromatic rings. The molecule has 0 heterocycles. The van der Waals surface area contributed by atoms with E-state index in [1.807, 2.05) is 32.9 Å². The van der Waals surface area contributed by atoms with Gasteiger partial charge in [0.05, 0.1) is 0 Å². The van der Waals surface area contributed by atoms with E-state index in [-0.39, 0.29) is 50.7 Å². The third kappa shape index (κ3) is 12.6. The Morgan fingerprint density at radius 1 is 0.354 bits per heavy atom. The number of phenols is 7. The zero-order valence-electron chi connectivity index (χ0n) is 31.1. The van der Waals surface area contributed by atoms with E-state index in [0.717, 1.165) is 11.1 Å². The molecule has 0 fully saturated rings. The maximum Gasteiger partial charge on any atom is 0.200 e. The van der Waals surface area contributed by atoms with Gasteiger partial charge in [-0.1, -0.05) is 132 Å². The fraction of sp³-hybridized carbons (Fsp3) is 0.415. The first-order valence-corrected chi connectivity index (χ1v) is 16.0. The summed E-state index contributed by atoms with van der Waals surface area (Å²) in [4.78, 5) is 0. The van der Waals surface area contributed by atoms with Crippen LogP contribution >= 0.6 is 0 Å². The van der Waals surface area contributed by atoms with Gasteiger partial charge in [-0.3, -0.25) is 0 Å². The smallest absolute Gasteiger partial charge is 0.200 e. The molecule has 0 aliphatic rings. The fourth-order valence-electron chi connectivity index (χ4n) is 4.30. The zero-order chi connectivity index (χ0) is 37.4. The molecular formula is C41H58O7. The Labute approximate surface area is 287 Å². The summed E-state index contributed by atoms with van der Waals surface area (Å²) in [5.41, 5.74) is 4.80. The van der Waals surface area contributed by atoms with Crippen LogP contribution in [0.3, 0.4) is 0 Å². The molecule has 4 aromatic carbocycles. The van der Waals surface area contributed by atoms with E-state index in [2.05, 4.69) is 92.6 Å². The Bertz CT molecular complexity index is 1590. The Hall–Kier alpha value is -4.52. The molecule has 0 unspecified atom stereocenters. The van der Waals surface area contributed by atoms with Gasteiger partial charge in [-0.2, -0.15) is 0 Å². The van der Waals surface area contributed by atoms with E-state index < -0.39 is 5.75 Å². The number of rotatable bonds is 0. The second-order valence-corrected chi connectivity index (χ2v) is 16.1. The van der Waals surface area contributed by atoms with Crippen LogP contribution in [0.15, 0.2) is 72.8 Å². The van der Waals surface area contributed by atoms with Crippen molar-refractivity contribution in [2.24, 2.45) is 0 Å². The highest BCUT2D eigenvalue weighted by Gasteiger charge is 2.21. The molecule has 7 N–H and O–H groups in total. The first-order chi connectivity index (χ1) is 21.7. The summed E-state index contributed by atoms with van der Waals surface area (Å²) in [6.07, 6.45) is 0. The Morgan fingerprint density at radius 2 is 0.812 bits per heavy atom. The monoisotopic (exact) mass is 662 g/mol. The largest absolute Gasteiger partial charge is 0.504 e. The van der Waals surface area contributed by atoms with Crippen LogP contribution in [0, 0.1) is 6.92 Å². The van der Waals surface area contributed by atoms with Crippen molar-refractivity contribution in [3.8, 4) is 40.2 Å². The Balaban J connectivity index is 0.000000321. The van der Waals surface area contributed by atoms with Gasteiger partial charge in [0.15, 0.2) is 34.5 Å². The summed E-state index contributed by atoms with van der Waals surface area (Å²) in [6, 6.07) is 22.0. The van der Waals surface area contributed by atoms with Crippen molar-refractivity contribution >= 4 is 0 Å². The zero-order valence-corrected chi connectivity index (χ0v) is 31.1. The standard InChI is InChI=1S/C11H16O2.C10H14O3.C10H14O2.C10H14/c1-7-5-8(11(2,3)4)6-9(12)10(7)13;1-10(2,3)6-4-5-7(11)9(13)8(6)12;1-10(2,3)7-4-5-8(11)9(12)6-7;1-10(2,3)9-7-5-4-6-8-9/h5-6,12-13H,1-4H3;4-5,11-13H,1-3H3;4-6,11-12H,1-3H3;4-8H,1-3H3. The van der Waals surface area contributed by atoms with Gasteiger partial charge in [0.1, 0.15) is 0 Å². The molecule has 0 bridgehead atoms. The molecule has 48 heavy (non-hydrogen) atoms. The van der Waals surface area contributed by atoms with Gasteiger partial charge in [0.2, 0.25) is 5.75 Å². The van der Waals surface area contributed by atoms with Crippen molar-refractivity contribution in [2.45, 2.75) is 112 Å². The van der Waals surface area contributed by atoms with Gasteiger partial charge in [-0.15, -0.1) is 0 Å². The van der Waals surface area contributed by atoms with E-state index in [9.17, 15) is 25.5 Å². The van der Waals surface area contributed by atoms with Crippen LogP contribution in [-0.4, -0.2) is 35.7 Å². The van der Waals surface area contributed by atoms with Crippen LogP contribution in [0.2, 0.25) is 0 Å². The first-order valence-electron chi connectivity index (χ1n) is 16.0. The molecule has 0 spiro atoms. The lowest BCUT2D eigenvalue weighted by Crippen LogP contribution is -2.10. The van der Waals surface area contributed by atoms with Crippen molar-refractivity contribution in [1.29, 1.82) is 0 Å². The average molecular weight is 663 g/mol. The van der Waals surface area contributed by atoms with Crippen molar-refractivity contribution in [1.82, 2.24) is 0 Å². The van der Waals surface area contributed by atoms with Gasteiger partial charge >= 0.3 is 0 Å². The number of benzene rings is 4. The van der Waals surface area contributed by atoms with Crippen molar-refractivity contribution in [2.75, 3.05) is 0 Å². The maximum absolute atomic E-state index is 9.50. The van der Waals surface area contributed by atoms with E-state index in [4.69, 9.17) is 10.2 Å². The lowest BCUT2D eigenvalue weighted by Gasteiger charge is -2.20. The van der Waals surface area contributed by atoms with Crippen molar-refractivity contribution < 1.29 is 35.7 Å². The molecule has 0 aromatic heterocycles. The predicted molar refractivity (Wildman–Crippen MR) is 197 cm³/mol. The lowest BCUT2D eigenvalue weighted by molar-refractivity contribution is 0.359. The molecule has 0 saturated heterocycles. The molecule has 0 amide bonds. The second kappa shape index (κ2) is 16.1. The molecular weight excluding hydrogens is 604 g/mol. The van der Waals surface area contributed by atoms with Crippen molar-refractivity contribution in [3.63, 3.8) is 0 Å². The summed E-state index contributed by atoms with van der Waals surface area (Å²) < 4.78 is 0. The van der Waals surface area contributed by atoms with Gasteiger partial charge in [-0.25, -0.2) is 0 Å². The van der Waals surface area contributed by atoms with Crippen LogP contribution in [0.1, 0.15) is 111 Å². The number of phenolic OH excluding ortho intramolecular Hbond substituents is 7. The Kier molecular flexibility index (Phi) is 13.9. The SMILES string of the molecule is CC(C)(C)c1ccc(O)c(O)c1.CC(C)(C)c1ccc(O)c(O)c1O.CC(C)(C)c1ccccc1.Cc1cc(C(C)(C)C)cc(O)c1O. The summed E-state index contributed by atoms with van der Waals surface area (Å²) >= 11 is 0. The molecule has 7 nitrogen and oxygen atoms in total. The average Bonchev–Trinajstić information content (AvgIpc) is 2.95. The normalized spacial score (nSPS) is 11.6. The maximum atomic E-state index is 9.50. The number of hydrogen-bond acceptors (Lipinski definition) is 7. The van der Waals surface area contributed by atoms with E-state index >= 15 is 0 Å². The molecule has 0 aliphatic heterocycles. The molecule has 7 heteroatoms. The molecule has 0 saturated carbocycles.